The minimum Gasteiger partial charge on any atom is -0.454 e. The van der Waals surface area contributed by atoms with Crippen LogP contribution in [0.15, 0.2) is 29.6 Å². The summed E-state index contributed by atoms with van der Waals surface area (Å²) in [7, 11) is 0. The van der Waals surface area contributed by atoms with E-state index < -0.39 is 0 Å². The van der Waals surface area contributed by atoms with Crippen LogP contribution in [0.4, 0.5) is 5.69 Å². The van der Waals surface area contributed by atoms with Crippen LogP contribution >= 0.6 is 11.3 Å². The molecule has 1 aromatic heterocycles. The van der Waals surface area contributed by atoms with Gasteiger partial charge in [0.05, 0.1) is 6.54 Å². The summed E-state index contributed by atoms with van der Waals surface area (Å²) in [6, 6.07) is 7.08. The molecule has 3 N–H and O–H groups in total. The summed E-state index contributed by atoms with van der Waals surface area (Å²) in [5.74, 6) is 6.75. The number of anilines is 1. The molecule has 2 heterocycles. The van der Waals surface area contributed by atoms with E-state index in [9.17, 15) is 4.79 Å². The number of amides is 1. The first kappa shape index (κ1) is 13.5. The van der Waals surface area contributed by atoms with Gasteiger partial charge in [0, 0.05) is 17.3 Å². The molecule has 3 rings (SSSR count). The Morgan fingerprint density at radius 2 is 2.19 bits per heavy atom. The lowest BCUT2D eigenvalue weighted by molar-refractivity contribution is 0.103. The number of carbonyl (C=O) groups is 1. The van der Waals surface area contributed by atoms with Crippen molar-refractivity contribution in [2.75, 3.05) is 18.7 Å². The second-order valence-corrected chi connectivity index (χ2v) is 5.11. The summed E-state index contributed by atoms with van der Waals surface area (Å²) in [5.41, 5.74) is 6.68. The van der Waals surface area contributed by atoms with E-state index in [2.05, 4.69) is 17.2 Å². The van der Waals surface area contributed by atoms with Crippen molar-refractivity contribution in [2.24, 2.45) is 5.73 Å². The topological polar surface area (TPSA) is 73.6 Å². The number of carbonyl (C=O) groups excluding carboxylic acids is 1. The fourth-order valence-corrected chi connectivity index (χ4v) is 2.64. The quantitative estimate of drug-likeness (QED) is 0.832. The lowest BCUT2D eigenvalue weighted by atomic mass is 10.2. The van der Waals surface area contributed by atoms with Gasteiger partial charge in [-0.1, -0.05) is 11.8 Å². The number of rotatable bonds is 2. The molecule has 0 saturated heterocycles. The number of nitrogens with one attached hydrogen (secondary N) is 1. The van der Waals surface area contributed by atoms with Gasteiger partial charge in [0.25, 0.3) is 5.91 Å². The van der Waals surface area contributed by atoms with E-state index in [0.717, 1.165) is 0 Å². The van der Waals surface area contributed by atoms with Crippen LogP contribution in [0.2, 0.25) is 0 Å². The smallest absolute Gasteiger partial charge is 0.267 e. The van der Waals surface area contributed by atoms with Gasteiger partial charge in [-0.15, -0.1) is 11.3 Å². The molecular formula is C15H12N2O3S. The Morgan fingerprint density at radius 3 is 3.05 bits per heavy atom. The highest BCUT2D eigenvalue weighted by molar-refractivity contribution is 7.12. The van der Waals surface area contributed by atoms with E-state index in [1.807, 2.05) is 11.4 Å². The summed E-state index contributed by atoms with van der Waals surface area (Å²) in [6.07, 6.45) is 0. The molecule has 0 radical (unpaired) electrons. The Balaban J connectivity index is 1.79. The third-order valence-electron chi connectivity index (χ3n) is 2.83. The number of hydrogen-bond donors (Lipinski definition) is 2. The number of hydrogen-bond acceptors (Lipinski definition) is 5. The van der Waals surface area contributed by atoms with Gasteiger partial charge < -0.3 is 20.5 Å². The minimum absolute atomic E-state index is 0.204. The van der Waals surface area contributed by atoms with Gasteiger partial charge >= 0.3 is 0 Å². The molecule has 1 amide bonds. The molecule has 106 valence electrons. The fraction of sp³-hybridized carbons (Fsp3) is 0.133. The zero-order valence-electron chi connectivity index (χ0n) is 11.0. The Hall–Kier alpha value is -2.49. The third kappa shape index (κ3) is 2.84. The maximum atomic E-state index is 12.3. The van der Waals surface area contributed by atoms with Crippen LogP contribution in [0.3, 0.4) is 0 Å². The number of thiophene rings is 1. The molecule has 2 aromatic rings. The Morgan fingerprint density at radius 1 is 1.33 bits per heavy atom. The largest absolute Gasteiger partial charge is 0.454 e. The molecule has 0 saturated carbocycles. The Bertz CT molecular complexity index is 743. The summed E-state index contributed by atoms with van der Waals surface area (Å²) in [4.78, 5) is 12.9. The highest BCUT2D eigenvalue weighted by Crippen LogP contribution is 2.34. The third-order valence-corrected chi connectivity index (χ3v) is 3.74. The molecule has 0 bridgehead atoms. The van der Waals surface area contributed by atoms with E-state index in [4.69, 9.17) is 15.2 Å². The van der Waals surface area contributed by atoms with Gasteiger partial charge in [-0.2, -0.15) is 0 Å². The molecule has 0 fully saturated rings. The lowest BCUT2D eigenvalue weighted by Gasteiger charge is -2.05. The normalized spacial score (nSPS) is 11.7. The van der Waals surface area contributed by atoms with E-state index in [1.54, 1.807) is 18.2 Å². The monoisotopic (exact) mass is 300 g/mol. The van der Waals surface area contributed by atoms with Crippen LogP contribution in [0.5, 0.6) is 11.5 Å². The number of fused-ring (bicyclic) bond motifs is 1. The summed E-state index contributed by atoms with van der Waals surface area (Å²) in [5, 5.41) is 4.66. The predicted molar refractivity (Wildman–Crippen MR) is 80.8 cm³/mol. The lowest BCUT2D eigenvalue weighted by Crippen LogP contribution is -2.11. The van der Waals surface area contributed by atoms with Gasteiger partial charge in [-0.25, -0.2) is 0 Å². The molecule has 0 unspecified atom stereocenters. The van der Waals surface area contributed by atoms with Gasteiger partial charge in [0.2, 0.25) is 6.79 Å². The second kappa shape index (κ2) is 5.87. The van der Waals surface area contributed by atoms with Crippen molar-refractivity contribution in [1.29, 1.82) is 0 Å². The Kier molecular flexibility index (Phi) is 3.77. The minimum atomic E-state index is -0.204. The SMILES string of the molecule is NCC#Cc1ccsc1C(=O)Nc1ccc2c(c1)OCO2. The van der Waals surface area contributed by atoms with E-state index in [0.29, 0.717) is 27.6 Å². The Labute approximate surface area is 125 Å². The van der Waals surface area contributed by atoms with Gasteiger partial charge in [-0.3, -0.25) is 4.79 Å². The van der Waals surface area contributed by atoms with E-state index in [-0.39, 0.29) is 19.2 Å². The van der Waals surface area contributed by atoms with Crippen molar-refractivity contribution in [2.45, 2.75) is 0 Å². The average molecular weight is 300 g/mol. The summed E-state index contributed by atoms with van der Waals surface area (Å²) in [6.45, 7) is 0.468. The molecule has 0 spiro atoms. The van der Waals surface area contributed by atoms with Gasteiger partial charge in [0.15, 0.2) is 11.5 Å². The zero-order valence-corrected chi connectivity index (χ0v) is 11.8. The molecule has 6 heteroatoms. The molecule has 0 aliphatic carbocycles. The van der Waals surface area contributed by atoms with Crippen LogP contribution in [0, 0.1) is 11.8 Å². The zero-order chi connectivity index (χ0) is 14.7. The number of ether oxygens (including phenoxy) is 2. The van der Waals surface area contributed by atoms with Crippen LogP contribution in [0.25, 0.3) is 0 Å². The van der Waals surface area contributed by atoms with Crippen molar-refractivity contribution >= 4 is 22.9 Å². The summed E-state index contributed by atoms with van der Waals surface area (Å²) >= 11 is 1.34. The van der Waals surface area contributed by atoms with Crippen LogP contribution in [0.1, 0.15) is 15.2 Å². The van der Waals surface area contributed by atoms with Crippen LogP contribution < -0.4 is 20.5 Å². The van der Waals surface area contributed by atoms with Crippen molar-refractivity contribution in [1.82, 2.24) is 0 Å². The van der Waals surface area contributed by atoms with Gasteiger partial charge in [0.1, 0.15) is 4.88 Å². The van der Waals surface area contributed by atoms with Crippen molar-refractivity contribution in [3.05, 3.63) is 40.1 Å². The second-order valence-electron chi connectivity index (χ2n) is 4.19. The number of nitrogens with two attached hydrogens (primary N) is 1. The van der Waals surface area contributed by atoms with Crippen molar-refractivity contribution in [3.63, 3.8) is 0 Å². The van der Waals surface area contributed by atoms with Gasteiger partial charge in [-0.05, 0) is 23.6 Å². The first-order valence-corrected chi connectivity index (χ1v) is 7.13. The van der Waals surface area contributed by atoms with E-state index >= 15 is 0 Å². The molecule has 1 aliphatic rings. The van der Waals surface area contributed by atoms with Crippen LogP contribution in [-0.4, -0.2) is 19.2 Å². The maximum Gasteiger partial charge on any atom is 0.267 e. The molecule has 1 aromatic carbocycles. The van der Waals surface area contributed by atoms with E-state index in [1.165, 1.54) is 11.3 Å². The molecule has 21 heavy (non-hydrogen) atoms. The summed E-state index contributed by atoms with van der Waals surface area (Å²) < 4.78 is 10.5. The number of benzene rings is 1. The first-order chi connectivity index (χ1) is 10.3. The standard InChI is InChI=1S/C15H12N2O3S/c16-6-1-2-10-5-7-21-14(10)15(18)17-11-3-4-12-13(8-11)20-9-19-12/h3-5,7-8H,6,9,16H2,(H,17,18). The maximum absolute atomic E-state index is 12.3. The fourth-order valence-electron chi connectivity index (χ4n) is 1.89. The van der Waals surface area contributed by atoms with Crippen molar-refractivity contribution < 1.29 is 14.3 Å². The highest BCUT2D eigenvalue weighted by atomic mass is 32.1. The van der Waals surface area contributed by atoms with Crippen molar-refractivity contribution in [3.8, 4) is 23.3 Å². The molecule has 5 nitrogen and oxygen atoms in total. The molecule has 1 aliphatic heterocycles. The van der Waals surface area contributed by atoms with Crippen LogP contribution in [-0.2, 0) is 0 Å². The predicted octanol–water partition coefficient (Wildman–Crippen LogP) is 2.04. The molecular weight excluding hydrogens is 288 g/mol. The molecule has 0 atom stereocenters. The first-order valence-electron chi connectivity index (χ1n) is 6.25. The average Bonchev–Trinajstić information content (AvgIpc) is 3.13. The highest BCUT2D eigenvalue weighted by Gasteiger charge is 2.16.